The van der Waals surface area contributed by atoms with Crippen LogP contribution in [0.4, 0.5) is 5.69 Å². The molecule has 61 heavy (non-hydrogen) atoms. The Bertz CT molecular complexity index is 2980. The van der Waals surface area contributed by atoms with E-state index in [-0.39, 0.29) is 10.8 Å². The molecule has 0 spiro atoms. The molecule has 2 heterocycles. The maximum absolute atomic E-state index is 9.88. The molecule has 0 saturated heterocycles. The Balaban J connectivity index is 1.43. The van der Waals surface area contributed by atoms with Gasteiger partial charge >= 0.3 is 0 Å². The van der Waals surface area contributed by atoms with Crippen molar-refractivity contribution in [1.29, 1.82) is 5.26 Å². The maximum atomic E-state index is 9.88. The molecule has 7 aromatic carbocycles. The highest BCUT2D eigenvalue weighted by molar-refractivity contribution is 6.11. The zero-order valence-corrected chi connectivity index (χ0v) is 35.3. The lowest BCUT2D eigenvalue weighted by Crippen LogP contribution is -2.10. The molecule has 5 nitrogen and oxygen atoms in total. The number of nitrogens with zero attached hydrogens (tertiary/aromatic N) is 5. The van der Waals surface area contributed by atoms with Crippen LogP contribution in [-0.2, 0) is 10.8 Å². The van der Waals surface area contributed by atoms with Crippen molar-refractivity contribution in [3.05, 3.63) is 192 Å². The number of benzene rings is 7. The largest absolute Gasteiger partial charge is 0.308 e. The summed E-state index contributed by atoms with van der Waals surface area (Å²) in [5, 5.41) is 12.3. The standard InChI is InChI=1S/C56H45N5/c1-55(2,3)42-24-28-51-47(32-42)48-33-43(56(4,5)6)25-29-52(48)61(51)53-45(37-20-18-36(35-57)19-21-37)30-41(31-46(53)38-22-26-44(58-7)27-23-38)50-34-49(39-14-10-8-11-15-39)59-54(60-50)40-16-12-9-13-17-40/h8-34H,1-6H3. The quantitative estimate of drug-likeness (QED) is 0.158. The average Bonchev–Trinajstić information content (AvgIpc) is 3.61. The van der Waals surface area contributed by atoms with E-state index in [2.05, 4.69) is 124 Å². The van der Waals surface area contributed by atoms with Crippen LogP contribution in [0.3, 0.4) is 0 Å². The molecule has 0 unspecified atom stereocenters. The molecule has 0 atom stereocenters. The first-order valence-electron chi connectivity index (χ1n) is 20.7. The van der Waals surface area contributed by atoms with Gasteiger partial charge in [-0.1, -0.05) is 151 Å². The van der Waals surface area contributed by atoms with Gasteiger partial charge in [0.1, 0.15) is 0 Å². The van der Waals surface area contributed by atoms with E-state index in [0.29, 0.717) is 17.1 Å². The summed E-state index contributed by atoms with van der Waals surface area (Å²) in [7, 11) is 0. The van der Waals surface area contributed by atoms with Crippen LogP contribution in [-0.4, -0.2) is 14.5 Å². The summed E-state index contributed by atoms with van der Waals surface area (Å²) < 4.78 is 2.42. The van der Waals surface area contributed by atoms with Gasteiger partial charge < -0.3 is 4.57 Å². The monoisotopic (exact) mass is 787 g/mol. The van der Waals surface area contributed by atoms with E-state index in [4.69, 9.17) is 16.5 Å². The summed E-state index contributed by atoms with van der Waals surface area (Å²) >= 11 is 0. The SMILES string of the molecule is [C-]#[N+]c1ccc(-c2cc(-c3cc(-c4ccccc4)nc(-c4ccccc4)n3)cc(-c3ccc(C#N)cc3)c2-n2c3ccc(C(C)(C)C)cc3c3cc(C(C)(C)C)ccc32)cc1. The number of aromatic nitrogens is 3. The summed E-state index contributed by atoms with van der Waals surface area (Å²) in [6.07, 6.45) is 0. The third kappa shape index (κ3) is 7.37. The molecule has 0 bridgehead atoms. The molecule has 0 aliphatic heterocycles. The minimum atomic E-state index is -0.0515. The van der Waals surface area contributed by atoms with Crippen molar-refractivity contribution < 1.29 is 0 Å². The van der Waals surface area contributed by atoms with E-state index >= 15 is 0 Å². The van der Waals surface area contributed by atoms with Crippen LogP contribution in [0.5, 0.6) is 0 Å². The van der Waals surface area contributed by atoms with Crippen molar-refractivity contribution in [2.24, 2.45) is 0 Å². The Morgan fingerprint density at radius 2 is 0.984 bits per heavy atom. The molecule has 5 heteroatoms. The Kier molecular flexibility index (Phi) is 9.70. The second kappa shape index (κ2) is 15.2. The van der Waals surface area contributed by atoms with Crippen molar-refractivity contribution in [2.45, 2.75) is 52.4 Å². The minimum Gasteiger partial charge on any atom is -0.308 e. The minimum absolute atomic E-state index is 0.0515. The van der Waals surface area contributed by atoms with Gasteiger partial charge in [0.15, 0.2) is 11.5 Å². The molecule has 9 rings (SSSR count). The molecule has 0 radical (unpaired) electrons. The van der Waals surface area contributed by atoms with Gasteiger partial charge in [0.25, 0.3) is 0 Å². The number of rotatable bonds is 6. The Morgan fingerprint density at radius 1 is 0.508 bits per heavy atom. The first-order valence-corrected chi connectivity index (χ1v) is 20.7. The smallest absolute Gasteiger partial charge is 0.187 e. The highest BCUT2D eigenvalue weighted by Crippen LogP contribution is 2.45. The normalized spacial score (nSPS) is 11.7. The summed E-state index contributed by atoms with van der Waals surface area (Å²) in [5.74, 6) is 0.635. The molecule has 0 saturated carbocycles. The van der Waals surface area contributed by atoms with Crippen LogP contribution in [0.2, 0.25) is 0 Å². The van der Waals surface area contributed by atoms with Crippen LogP contribution in [0, 0.1) is 17.9 Å². The molecular formula is C56H45N5. The van der Waals surface area contributed by atoms with Crippen LogP contribution in [0.15, 0.2) is 164 Å². The van der Waals surface area contributed by atoms with E-state index in [1.807, 2.05) is 97.1 Å². The second-order valence-corrected chi connectivity index (χ2v) is 17.8. The van der Waals surface area contributed by atoms with Gasteiger partial charge in [0, 0.05) is 38.6 Å². The summed E-state index contributed by atoms with van der Waals surface area (Å²) in [4.78, 5) is 14.1. The Hall–Kier alpha value is -7.60. The van der Waals surface area contributed by atoms with E-state index < -0.39 is 0 Å². The van der Waals surface area contributed by atoms with Gasteiger partial charge in [-0.15, -0.1) is 0 Å². The lowest BCUT2D eigenvalue weighted by atomic mass is 9.85. The lowest BCUT2D eigenvalue weighted by Gasteiger charge is -2.22. The first-order chi connectivity index (χ1) is 29.4. The molecule has 0 fully saturated rings. The van der Waals surface area contributed by atoms with E-state index in [9.17, 15) is 5.26 Å². The zero-order chi connectivity index (χ0) is 42.5. The van der Waals surface area contributed by atoms with E-state index in [0.717, 1.165) is 67.1 Å². The fourth-order valence-electron chi connectivity index (χ4n) is 8.17. The predicted octanol–water partition coefficient (Wildman–Crippen LogP) is 14.9. The number of nitriles is 1. The first kappa shape index (κ1) is 38.9. The Morgan fingerprint density at radius 3 is 1.46 bits per heavy atom. The molecule has 0 aliphatic rings. The highest BCUT2D eigenvalue weighted by Gasteiger charge is 2.25. The summed E-state index contributed by atoms with van der Waals surface area (Å²) in [5.41, 5.74) is 15.1. The predicted molar refractivity (Wildman–Crippen MR) is 252 cm³/mol. The van der Waals surface area contributed by atoms with Crippen molar-refractivity contribution in [3.63, 3.8) is 0 Å². The van der Waals surface area contributed by atoms with Crippen molar-refractivity contribution >= 4 is 27.5 Å². The van der Waals surface area contributed by atoms with Gasteiger partial charge in [-0.05, 0) is 87.7 Å². The average molecular weight is 788 g/mol. The van der Waals surface area contributed by atoms with Crippen LogP contribution >= 0.6 is 0 Å². The van der Waals surface area contributed by atoms with Gasteiger partial charge in [-0.25, -0.2) is 14.8 Å². The Labute approximate surface area is 358 Å². The molecule has 2 aromatic heterocycles. The van der Waals surface area contributed by atoms with Gasteiger partial charge in [0.05, 0.1) is 46.3 Å². The number of fused-ring (bicyclic) bond motifs is 3. The van der Waals surface area contributed by atoms with Crippen LogP contribution in [0.1, 0.15) is 58.2 Å². The molecular weight excluding hydrogens is 743 g/mol. The second-order valence-electron chi connectivity index (χ2n) is 17.8. The third-order valence-electron chi connectivity index (χ3n) is 11.6. The van der Waals surface area contributed by atoms with Gasteiger partial charge in [-0.2, -0.15) is 5.26 Å². The molecule has 0 aliphatic carbocycles. The van der Waals surface area contributed by atoms with Crippen molar-refractivity contribution in [1.82, 2.24) is 14.5 Å². The van der Waals surface area contributed by atoms with Crippen LogP contribution in [0.25, 0.3) is 88.5 Å². The van der Waals surface area contributed by atoms with Gasteiger partial charge in [0.2, 0.25) is 0 Å². The topological polar surface area (TPSA) is 58.9 Å². The van der Waals surface area contributed by atoms with E-state index in [1.165, 1.54) is 21.9 Å². The summed E-state index contributed by atoms with van der Waals surface area (Å²) in [6, 6.07) is 58.8. The molecule has 0 amide bonds. The number of hydrogen-bond acceptors (Lipinski definition) is 3. The molecule has 9 aromatic rings. The van der Waals surface area contributed by atoms with Crippen molar-refractivity contribution in [2.75, 3.05) is 0 Å². The van der Waals surface area contributed by atoms with Crippen LogP contribution < -0.4 is 0 Å². The van der Waals surface area contributed by atoms with Crippen molar-refractivity contribution in [3.8, 4) is 67.9 Å². The lowest BCUT2D eigenvalue weighted by molar-refractivity contribution is 0.590. The highest BCUT2D eigenvalue weighted by atomic mass is 15.0. The fourth-order valence-corrected chi connectivity index (χ4v) is 8.17. The number of hydrogen-bond donors (Lipinski definition) is 0. The molecule has 294 valence electrons. The third-order valence-corrected chi connectivity index (χ3v) is 11.6. The molecule has 0 N–H and O–H groups in total. The van der Waals surface area contributed by atoms with E-state index in [1.54, 1.807) is 0 Å². The van der Waals surface area contributed by atoms with Gasteiger partial charge in [-0.3, -0.25) is 0 Å². The fraction of sp³-hybridized carbons (Fsp3) is 0.143. The maximum Gasteiger partial charge on any atom is 0.187 e. The zero-order valence-electron chi connectivity index (χ0n) is 35.3. The summed E-state index contributed by atoms with van der Waals surface area (Å²) in [6.45, 7) is 21.4.